The predicted molar refractivity (Wildman–Crippen MR) is 69.3 cm³/mol. The van der Waals surface area contributed by atoms with Gasteiger partial charge in [-0.3, -0.25) is 14.7 Å². The molecular formula is C14H20N2O2. The summed E-state index contributed by atoms with van der Waals surface area (Å²) in [6.45, 7) is 5.45. The van der Waals surface area contributed by atoms with E-state index in [0.29, 0.717) is 13.0 Å². The third-order valence-electron chi connectivity index (χ3n) is 4.07. The van der Waals surface area contributed by atoms with Crippen molar-refractivity contribution in [3.63, 3.8) is 0 Å². The number of carboxylic acids is 1. The van der Waals surface area contributed by atoms with Crippen molar-refractivity contribution >= 4 is 5.97 Å². The van der Waals surface area contributed by atoms with Gasteiger partial charge in [0.05, 0.1) is 5.69 Å². The third kappa shape index (κ3) is 2.12. The lowest BCUT2D eigenvalue weighted by Gasteiger charge is -2.33. The fourth-order valence-corrected chi connectivity index (χ4v) is 2.82. The summed E-state index contributed by atoms with van der Waals surface area (Å²) in [5, 5.41) is 9.52. The quantitative estimate of drug-likeness (QED) is 0.887. The molecule has 1 atom stereocenters. The number of likely N-dealkylation sites (tertiary alicyclic amines) is 1. The molecule has 4 heteroatoms. The van der Waals surface area contributed by atoms with E-state index >= 15 is 0 Å². The van der Waals surface area contributed by atoms with Gasteiger partial charge in [-0.1, -0.05) is 13.0 Å². The largest absolute Gasteiger partial charge is 0.480 e. The van der Waals surface area contributed by atoms with E-state index in [1.54, 1.807) is 6.20 Å². The van der Waals surface area contributed by atoms with Crippen LogP contribution in [0, 0.1) is 6.92 Å². The number of hydrogen-bond acceptors (Lipinski definition) is 3. The van der Waals surface area contributed by atoms with Crippen molar-refractivity contribution in [2.24, 2.45) is 0 Å². The second-order valence-electron chi connectivity index (χ2n) is 4.98. The van der Waals surface area contributed by atoms with E-state index < -0.39 is 11.5 Å². The van der Waals surface area contributed by atoms with Gasteiger partial charge in [0, 0.05) is 12.7 Å². The van der Waals surface area contributed by atoms with Crippen molar-refractivity contribution in [1.82, 2.24) is 9.88 Å². The zero-order valence-electron chi connectivity index (χ0n) is 11.0. The van der Waals surface area contributed by atoms with Crippen molar-refractivity contribution in [1.29, 1.82) is 0 Å². The minimum absolute atomic E-state index is 0.632. The fraction of sp³-hybridized carbons (Fsp3) is 0.571. The van der Waals surface area contributed by atoms with Gasteiger partial charge in [-0.15, -0.1) is 0 Å². The molecule has 2 rings (SSSR count). The highest BCUT2D eigenvalue weighted by atomic mass is 16.4. The molecule has 1 aliphatic heterocycles. The van der Waals surface area contributed by atoms with Crippen LogP contribution >= 0.6 is 0 Å². The second-order valence-corrected chi connectivity index (χ2v) is 4.98. The minimum atomic E-state index is -0.698. The van der Waals surface area contributed by atoms with Gasteiger partial charge >= 0.3 is 5.97 Å². The van der Waals surface area contributed by atoms with Crippen molar-refractivity contribution < 1.29 is 9.90 Å². The Kier molecular flexibility index (Phi) is 3.66. The van der Waals surface area contributed by atoms with E-state index in [2.05, 4.69) is 9.88 Å². The number of rotatable bonds is 4. The van der Waals surface area contributed by atoms with Gasteiger partial charge in [0.25, 0.3) is 0 Å². The summed E-state index contributed by atoms with van der Waals surface area (Å²) in [6.07, 6.45) is 4.11. The Hall–Kier alpha value is -1.42. The van der Waals surface area contributed by atoms with E-state index in [1.165, 1.54) is 0 Å². The lowest BCUT2D eigenvalue weighted by Crippen LogP contribution is -2.49. The normalized spacial score (nSPS) is 24.3. The molecule has 1 saturated heterocycles. The lowest BCUT2D eigenvalue weighted by atomic mass is 9.93. The number of aromatic nitrogens is 1. The highest BCUT2D eigenvalue weighted by Gasteiger charge is 2.46. The number of carbonyl (C=O) groups is 1. The van der Waals surface area contributed by atoms with Crippen molar-refractivity contribution in [2.75, 3.05) is 6.54 Å². The Morgan fingerprint density at radius 1 is 1.61 bits per heavy atom. The fourth-order valence-electron chi connectivity index (χ4n) is 2.82. The summed E-state index contributed by atoms with van der Waals surface area (Å²) in [5.41, 5.74) is 1.42. The Labute approximate surface area is 108 Å². The van der Waals surface area contributed by atoms with Crippen LogP contribution in [0.15, 0.2) is 18.3 Å². The Bertz CT molecular complexity index is 447. The van der Waals surface area contributed by atoms with Gasteiger partial charge in [-0.2, -0.15) is 0 Å². The average molecular weight is 248 g/mol. The van der Waals surface area contributed by atoms with Crippen LogP contribution in [0.1, 0.15) is 37.4 Å². The summed E-state index contributed by atoms with van der Waals surface area (Å²) >= 11 is 0. The summed E-state index contributed by atoms with van der Waals surface area (Å²) in [7, 11) is 0. The zero-order valence-corrected chi connectivity index (χ0v) is 11.0. The molecule has 0 aliphatic carbocycles. The number of nitrogens with zero attached hydrogens (tertiary/aromatic N) is 2. The Balaban J connectivity index is 2.23. The standard InChI is InChI=1S/C14H20N2O2/c1-3-14(13(17)18)7-5-9-16(14)10-12-11(2)6-4-8-15-12/h4,6,8H,3,5,7,9-10H2,1-2H3,(H,17,18). The van der Waals surface area contributed by atoms with Crippen LogP contribution in [-0.4, -0.2) is 33.0 Å². The molecule has 1 aromatic rings. The monoisotopic (exact) mass is 248 g/mol. The van der Waals surface area contributed by atoms with Crippen molar-refractivity contribution in [2.45, 2.75) is 45.2 Å². The van der Waals surface area contributed by atoms with Gasteiger partial charge < -0.3 is 5.11 Å². The third-order valence-corrected chi connectivity index (χ3v) is 4.07. The first-order chi connectivity index (χ1) is 8.60. The van der Waals surface area contributed by atoms with Gasteiger partial charge in [-0.25, -0.2) is 0 Å². The maximum Gasteiger partial charge on any atom is 0.324 e. The molecule has 1 unspecified atom stereocenters. The SMILES string of the molecule is CCC1(C(=O)O)CCCN1Cc1ncccc1C. The van der Waals surface area contributed by atoms with Crippen LogP contribution in [0.25, 0.3) is 0 Å². The highest BCUT2D eigenvalue weighted by molar-refractivity contribution is 5.79. The molecule has 98 valence electrons. The molecular weight excluding hydrogens is 228 g/mol. The Morgan fingerprint density at radius 3 is 3.00 bits per heavy atom. The minimum Gasteiger partial charge on any atom is -0.480 e. The first-order valence-corrected chi connectivity index (χ1v) is 6.49. The van der Waals surface area contributed by atoms with Crippen molar-refractivity contribution in [3.8, 4) is 0 Å². The van der Waals surface area contributed by atoms with Crippen LogP contribution in [-0.2, 0) is 11.3 Å². The smallest absolute Gasteiger partial charge is 0.324 e. The van der Waals surface area contributed by atoms with E-state index in [9.17, 15) is 9.90 Å². The molecule has 1 N–H and O–H groups in total. The molecule has 1 aliphatic rings. The summed E-state index contributed by atoms with van der Waals surface area (Å²) < 4.78 is 0. The molecule has 18 heavy (non-hydrogen) atoms. The average Bonchev–Trinajstić information content (AvgIpc) is 2.76. The van der Waals surface area contributed by atoms with E-state index in [-0.39, 0.29) is 0 Å². The molecule has 0 amide bonds. The topological polar surface area (TPSA) is 53.4 Å². The molecule has 0 saturated carbocycles. The molecule has 1 fully saturated rings. The first-order valence-electron chi connectivity index (χ1n) is 6.49. The van der Waals surface area contributed by atoms with E-state index in [4.69, 9.17) is 0 Å². The highest BCUT2D eigenvalue weighted by Crippen LogP contribution is 2.34. The van der Waals surface area contributed by atoms with Gasteiger partial charge in [0.1, 0.15) is 5.54 Å². The van der Waals surface area contributed by atoms with E-state index in [0.717, 1.165) is 30.6 Å². The van der Waals surface area contributed by atoms with Crippen LogP contribution in [0.2, 0.25) is 0 Å². The molecule has 0 radical (unpaired) electrons. The molecule has 1 aromatic heterocycles. The number of carboxylic acid groups (broad SMARTS) is 1. The molecule has 4 nitrogen and oxygen atoms in total. The van der Waals surface area contributed by atoms with E-state index in [1.807, 2.05) is 26.0 Å². The van der Waals surface area contributed by atoms with Crippen LogP contribution in [0.4, 0.5) is 0 Å². The second kappa shape index (κ2) is 5.06. The van der Waals surface area contributed by atoms with Gasteiger partial charge in [0.2, 0.25) is 0 Å². The number of aliphatic carboxylic acids is 1. The molecule has 0 aromatic carbocycles. The van der Waals surface area contributed by atoms with Gasteiger partial charge in [0.15, 0.2) is 0 Å². The molecule has 2 heterocycles. The number of aryl methyl sites for hydroxylation is 1. The maximum absolute atomic E-state index is 11.6. The molecule has 0 bridgehead atoms. The van der Waals surface area contributed by atoms with Crippen LogP contribution in [0.3, 0.4) is 0 Å². The first kappa shape index (κ1) is 13.0. The van der Waals surface area contributed by atoms with Crippen LogP contribution in [0.5, 0.6) is 0 Å². The summed E-state index contributed by atoms with van der Waals surface area (Å²) in [6, 6.07) is 3.93. The predicted octanol–water partition coefficient (Wildman–Crippen LogP) is 2.22. The molecule has 0 spiro atoms. The zero-order chi connectivity index (χ0) is 13.2. The lowest BCUT2D eigenvalue weighted by molar-refractivity contribution is -0.150. The maximum atomic E-state index is 11.6. The summed E-state index contributed by atoms with van der Waals surface area (Å²) in [5.74, 6) is -0.698. The number of hydrogen-bond donors (Lipinski definition) is 1. The number of pyridine rings is 1. The Morgan fingerprint density at radius 2 is 2.39 bits per heavy atom. The van der Waals surface area contributed by atoms with Crippen molar-refractivity contribution in [3.05, 3.63) is 29.6 Å². The van der Waals surface area contributed by atoms with Crippen LogP contribution < -0.4 is 0 Å². The summed E-state index contributed by atoms with van der Waals surface area (Å²) in [4.78, 5) is 18.0. The van der Waals surface area contributed by atoms with Gasteiger partial charge in [-0.05, 0) is 44.4 Å².